The maximum Gasteiger partial charge on any atom is 0.107 e. The summed E-state index contributed by atoms with van der Waals surface area (Å²) in [7, 11) is 1.79. The Bertz CT molecular complexity index is 475. The minimum absolute atomic E-state index is 0.0731. The van der Waals surface area contributed by atoms with Gasteiger partial charge in [0.25, 0.3) is 0 Å². The second-order valence-corrected chi connectivity index (χ2v) is 2.70. The summed E-state index contributed by atoms with van der Waals surface area (Å²) < 4.78 is 1.73. The van der Waals surface area contributed by atoms with Gasteiger partial charge in [-0.05, 0) is 6.07 Å². The van der Waals surface area contributed by atoms with E-state index in [1.165, 1.54) is 12.3 Å². The monoisotopic (exact) mass is 176 g/mol. The summed E-state index contributed by atoms with van der Waals surface area (Å²) in [5, 5.41) is 10.5. The van der Waals surface area contributed by atoms with Crippen LogP contribution >= 0.6 is 0 Å². The minimum Gasteiger partial charge on any atom is -0.543 e. The van der Waals surface area contributed by atoms with Crippen LogP contribution in [-0.4, -0.2) is 20.5 Å². The van der Waals surface area contributed by atoms with Crippen molar-refractivity contribution in [2.24, 2.45) is 7.05 Å². The Kier molecular flexibility index (Phi) is 1.51. The summed E-state index contributed by atoms with van der Waals surface area (Å²) >= 11 is 0. The van der Waals surface area contributed by atoms with Crippen LogP contribution in [0, 0.1) is 0 Å². The molecular weight excluding hydrogens is 170 g/mol. The van der Waals surface area contributed by atoms with Gasteiger partial charge in [0.2, 0.25) is 0 Å². The van der Waals surface area contributed by atoms with Crippen molar-refractivity contribution in [2.45, 2.75) is 0 Å². The zero-order valence-electron chi connectivity index (χ0n) is 6.89. The molecule has 2 aromatic heterocycles. The second kappa shape index (κ2) is 2.55. The highest BCUT2D eigenvalue weighted by molar-refractivity contribution is 5.88. The van der Waals surface area contributed by atoms with Gasteiger partial charge in [-0.1, -0.05) is 0 Å². The van der Waals surface area contributed by atoms with E-state index in [9.17, 15) is 9.90 Å². The van der Waals surface area contributed by atoms with Crippen LogP contribution in [-0.2, 0) is 7.05 Å². The fourth-order valence-electron chi connectivity index (χ4n) is 1.14. The summed E-state index contributed by atoms with van der Waals surface area (Å²) in [5.74, 6) is -1.27. The second-order valence-electron chi connectivity index (χ2n) is 2.70. The minimum atomic E-state index is -1.27. The molecule has 0 saturated carbocycles. The van der Waals surface area contributed by atoms with Crippen molar-refractivity contribution in [3.05, 3.63) is 24.3 Å². The van der Waals surface area contributed by atoms with E-state index < -0.39 is 5.97 Å². The quantitative estimate of drug-likeness (QED) is 0.577. The Morgan fingerprint density at radius 3 is 3.00 bits per heavy atom. The molecule has 0 amide bonds. The molecule has 2 aromatic rings. The number of carbonyl (C=O) groups excluding carboxylic acids is 1. The lowest BCUT2D eigenvalue weighted by Crippen LogP contribution is -2.23. The highest BCUT2D eigenvalue weighted by Crippen LogP contribution is 2.10. The van der Waals surface area contributed by atoms with Gasteiger partial charge in [-0.3, -0.25) is 4.98 Å². The summed E-state index contributed by atoms with van der Waals surface area (Å²) in [5.41, 5.74) is 1.33. The average Bonchev–Trinajstić information content (AvgIpc) is 2.47. The van der Waals surface area contributed by atoms with Gasteiger partial charge in [-0.15, -0.1) is 0 Å². The number of carboxylic acids is 1. The van der Waals surface area contributed by atoms with Gasteiger partial charge in [0, 0.05) is 7.05 Å². The highest BCUT2D eigenvalue weighted by atomic mass is 16.4. The molecule has 0 bridgehead atoms. The van der Waals surface area contributed by atoms with Crippen molar-refractivity contribution in [1.29, 1.82) is 0 Å². The number of imidazole rings is 1. The van der Waals surface area contributed by atoms with Crippen LogP contribution < -0.4 is 5.11 Å². The first-order chi connectivity index (χ1) is 6.18. The molecule has 0 fully saturated rings. The van der Waals surface area contributed by atoms with E-state index >= 15 is 0 Å². The summed E-state index contributed by atoms with van der Waals surface area (Å²) in [6.45, 7) is 0. The number of aryl methyl sites for hydroxylation is 1. The van der Waals surface area contributed by atoms with E-state index in [1.807, 2.05) is 0 Å². The molecule has 2 rings (SSSR count). The topological polar surface area (TPSA) is 70.8 Å². The zero-order valence-corrected chi connectivity index (χ0v) is 6.89. The molecule has 0 aliphatic heterocycles. The fraction of sp³-hybridized carbons (Fsp3) is 0.125. The van der Waals surface area contributed by atoms with Gasteiger partial charge in [0.1, 0.15) is 5.52 Å². The van der Waals surface area contributed by atoms with E-state index in [0.717, 1.165) is 5.52 Å². The molecule has 0 aliphatic carbocycles. The molecule has 13 heavy (non-hydrogen) atoms. The van der Waals surface area contributed by atoms with Crippen molar-refractivity contribution in [2.75, 3.05) is 0 Å². The molecule has 0 N–H and O–H groups in total. The number of aromatic carboxylic acids is 1. The summed E-state index contributed by atoms with van der Waals surface area (Å²) in [6, 6.07) is 1.44. The first-order valence-electron chi connectivity index (χ1n) is 3.67. The summed E-state index contributed by atoms with van der Waals surface area (Å²) in [6.07, 6.45) is 3.02. The largest absolute Gasteiger partial charge is 0.543 e. The lowest BCUT2D eigenvalue weighted by Gasteiger charge is -2.00. The van der Waals surface area contributed by atoms with Crippen LogP contribution in [0.3, 0.4) is 0 Å². The third kappa shape index (κ3) is 1.14. The van der Waals surface area contributed by atoms with Gasteiger partial charge in [-0.2, -0.15) is 0 Å². The third-order valence-electron chi connectivity index (χ3n) is 1.82. The maximum absolute atomic E-state index is 10.5. The molecule has 5 heteroatoms. The molecule has 2 heterocycles. The van der Waals surface area contributed by atoms with Crippen LogP contribution in [0.4, 0.5) is 0 Å². The average molecular weight is 176 g/mol. The van der Waals surface area contributed by atoms with E-state index in [4.69, 9.17) is 0 Å². The predicted octanol–water partition coefficient (Wildman–Crippen LogP) is -0.668. The molecule has 0 spiro atoms. The van der Waals surface area contributed by atoms with E-state index in [2.05, 4.69) is 9.97 Å². The van der Waals surface area contributed by atoms with Gasteiger partial charge >= 0.3 is 0 Å². The van der Waals surface area contributed by atoms with Crippen LogP contribution in [0.1, 0.15) is 10.5 Å². The highest BCUT2D eigenvalue weighted by Gasteiger charge is 2.02. The lowest BCUT2D eigenvalue weighted by atomic mass is 10.3. The third-order valence-corrected chi connectivity index (χ3v) is 1.82. The summed E-state index contributed by atoms with van der Waals surface area (Å²) in [4.78, 5) is 18.2. The van der Waals surface area contributed by atoms with E-state index in [0.29, 0.717) is 5.52 Å². The number of carbonyl (C=O) groups is 1. The van der Waals surface area contributed by atoms with Crippen LogP contribution in [0.25, 0.3) is 11.0 Å². The van der Waals surface area contributed by atoms with Crippen molar-refractivity contribution < 1.29 is 9.90 Å². The zero-order chi connectivity index (χ0) is 9.42. The standard InChI is InChI=1S/C8H7N3O2/c1-11-4-10-6-3-9-5(8(12)13)2-7(6)11/h2-4H,1H3,(H,12,13)/p-1. The van der Waals surface area contributed by atoms with Crippen LogP contribution in [0.15, 0.2) is 18.6 Å². The molecule has 5 nitrogen and oxygen atoms in total. The number of hydrogen-bond donors (Lipinski definition) is 0. The Labute approximate surface area is 73.7 Å². The molecule has 66 valence electrons. The maximum atomic E-state index is 10.5. The predicted molar refractivity (Wildman–Crippen MR) is 42.8 cm³/mol. The number of nitrogens with zero attached hydrogens (tertiary/aromatic N) is 3. The van der Waals surface area contributed by atoms with Crippen LogP contribution in [0.5, 0.6) is 0 Å². The van der Waals surface area contributed by atoms with Crippen LogP contribution in [0.2, 0.25) is 0 Å². The number of rotatable bonds is 1. The van der Waals surface area contributed by atoms with E-state index in [-0.39, 0.29) is 5.69 Å². The molecule has 0 atom stereocenters. The smallest absolute Gasteiger partial charge is 0.107 e. The normalized spacial score (nSPS) is 10.5. The first kappa shape index (κ1) is 7.72. The molecule has 0 saturated heterocycles. The molecular formula is C8H6N3O2-. The SMILES string of the molecule is Cn1cnc2cnc(C(=O)[O-])cc21. The Hall–Kier alpha value is -1.91. The molecule has 0 unspecified atom stereocenters. The van der Waals surface area contributed by atoms with Crippen molar-refractivity contribution in [3.63, 3.8) is 0 Å². The molecule has 0 aliphatic rings. The number of hydrogen-bond acceptors (Lipinski definition) is 4. The van der Waals surface area contributed by atoms with Crippen molar-refractivity contribution in [3.8, 4) is 0 Å². The number of aromatic nitrogens is 3. The molecule has 0 radical (unpaired) electrons. The van der Waals surface area contributed by atoms with Crippen molar-refractivity contribution in [1.82, 2.24) is 14.5 Å². The number of pyridine rings is 1. The Balaban J connectivity index is 2.72. The van der Waals surface area contributed by atoms with Gasteiger partial charge in [0.05, 0.1) is 29.7 Å². The van der Waals surface area contributed by atoms with Gasteiger partial charge in [0.15, 0.2) is 0 Å². The van der Waals surface area contributed by atoms with E-state index in [1.54, 1.807) is 17.9 Å². The van der Waals surface area contributed by atoms with Gasteiger partial charge in [-0.25, -0.2) is 4.98 Å². The number of fused-ring (bicyclic) bond motifs is 1. The van der Waals surface area contributed by atoms with Crippen molar-refractivity contribution >= 4 is 17.0 Å². The fourth-order valence-corrected chi connectivity index (χ4v) is 1.14. The van der Waals surface area contributed by atoms with Gasteiger partial charge < -0.3 is 14.5 Å². The number of carboxylic acid groups (broad SMARTS) is 1. The first-order valence-corrected chi connectivity index (χ1v) is 3.67. The lowest BCUT2D eigenvalue weighted by molar-refractivity contribution is -0.255. The molecule has 0 aromatic carbocycles. The Morgan fingerprint density at radius 2 is 2.31 bits per heavy atom. The Morgan fingerprint density at radius 1 is 1.54 bits per heavy atom.